The molecule has 0 spiro atoms. The van der Waals surface area contributed by atoms with Gasteiger partial charge in [0.25, 0.3) is 0 Å². The van der Waals surface area contributed by atoms with Gasteiger partial charge in [-0.2, -0.15) is 0 Å². The molecule has 0 bridgehead atoms. The number of aliphatic hydroxyl groups is 4. The Balaban J connectivity index is 3.26. The Morgan fingerprint density at radius 1 is 1.50 bits per heavy atom. The monoisotopic (exact) mass is 345 g/mol. The summed E-state index contributed by atoms with van der Waals surface area (Å²) in [7, 11) is 0. The van der Waals surface area contributed by atoms with Crippen molar-refractivity contribution < 1.29 is 39.9 Å². The molecule has 0 aliphatic carbocycles. The molecule has 12 heteroatoms. The first-order chi connectivity index (χ1) is 11.2. The number of nitrogens with one attached hydrogen (secondary N) is 1. The van der Waals surface area contributed by atoms with Crippen LogP contribution in [0.25, 0.3) is 10.4 Å². The number of aliphatic hydroxyl groups excluding tert-OH is 4. The number of carboxylic acids is 1. The van der Waals surface area contributed by atoms with Crippen molar-refractivity contribution in [3.8, 4) is 0 Å². The fraction of sp³-hybridized carbons (Fsp3) is 0.667. The molecule has 6 atom stereocenters. The average Bonchev–Trinajstić information content (AvgIpc) is 2.54. The first kappa shape index (κ1) is 19.7. The van der Waals surface area contributed by atoms with E-state index in [4.69, 9.17) is 15.4 Å². The second-order valence-electron chi connectivity index (χ2n) is 5.05. The molecule has 1 unspecified atom stereocenters. The minimum absolute atomic E-state index is 0.774. The smallest absolute Gasteiger partial charge is 0.248 e. The van der Waals surface area contributed by atoms with E-state index < -0.39 is 60.7 Å². The van der Waals surface area contributed by atoms with Crippen LogP contribution in [-0.4, -0.2) is 75.4 Å². The van der Waals surface area contributed by atoms with Gasteiger partial charge >= 0.3 is 0 Å². The Kier molecular flexibility index (Phi) is 6.95. The number of hydrogen-bond donors (Lipinski definition) is 5. The molecule has 0 aromatic heterocycles. The molecular weight excluding hydrogens is 328 g/mol. The van der Waals surface area contributed by atoms with E-state index in [1.165, 1.54) is 0 Å². The molecule has 1 aliphatic rings. The molecule has 134 valence electrons. The summed E-state index contributed by atoms with van der Waals surface area (Å²) in [6.07, 6.45) is -5.76. The summed E-state index contributed by atoms with van der Waals surface area (Å²) < 4.78 is 5.00. The minimum Gasteiger partial charge on any atom is -0.542 e. The molecule has 24 heavy (non-hydrogen) atoms. The number of carbonyl (C=O) groups excluding carboxylic acids is 2. The van der Waals surface area contributed by atoms with Gasteiger partial charge in [0.15, 0.2) is 0 Å². The lowest BCUT2D eigenvalue weighted by Gasteiger charge is -2.39. The summed E-state index contributed by atoms with van der Waals surface area (Å²) in [6.45, 7) is 0.271. The number of ether oxygens (including phenoxy) is 1. The summed E-state index contributed by atoms with van der Waals surface area (Å²) >= 11 is 0. The molecule has 1 aliphatic heterocycles. The van der Waals surface area contributed by atoms with Crippen LogP contribution in [0.5, 0.6) is 0 Å². The quantitative estimate of drug-likeness (QED) is 0.175. The average molecular weight is 345 g/mol. The van der Waals surface area contributed by atoms with Crippen molar-refractivity contribution in [1.29, 1.82) is 0 Å². The predicted octanol–water partition coefficient (Wildman–Crippen LogP) is -3.72. The second kappa shape index (κ2) is 8.47. The SMILES string of the molecule is CC(O)C(=O)N[C@H]1[C@H]([C@H](O)[C@H](O)CO)OC(C(=O)[O-])=C[C@@H]1N=[N+]=[N-]. The Labute approximate surface area is 135 Å². The van der Waals surface area contributed by atoms with E-state index in [9.17, 15) is 30.0 Å². The maximum absolute atomic E-state index is 11.7. The zero-order chi connectivity index (χ0) is 18.4. The highest BCUT2D eigenvalue weighted by Crippen LogP contribution is 2.24. The highest BCUT2D eigenvalue weighted by molar-refractivity contribution is 5.83. The first-order valence-electron chi connectivity index (χ1n) is 6.82. The van der Waals surface area contributed by atoms with E-state index in [1.54, 1.807) is 0 Å². The number of nitrogens with zero attached hydrogens (tertiary/aromatic N) is 3. The molecule has 1 rings (SSSR count). The lowest BCUT2D eigenvalue weighted by molar-refractivity contribution is -0.305. The maximum atomic E-state index is 11.7. The summed E-state index contributed by atoms with van der Waals surface area (Å²) in [4.78, 5) is 25.2. The van der Waals surface area contributed by atoms with Gasteiger partial charge in [0.05, 0.1) is 18.7 Å². The van der Waals surface area contributed by atoms with Crippen molar-refractivity contribution in [2.45, 2.75) is 43.4 Å². The van der Waals surface area contributed by atoms with E-state index in [0.29, 0.717) is 0 Å². The van der Waals surface area contributed by atoms with Crippen molar-refractivity contribution in [1.82, 2.24) is 5.32 Å². The molecule has 12 nitrogen and oxygen atoms in total. The van der Waals surface area contributed by atoms with Crippen LogP contribution in [-0.2, 0) is 14.3 Å². The number of aliphatic carboxylic acids is 1. The van der Waals surface area contributed by atoms with Crippen LogP contribution in [0, 0.1) is 0 Å². The Bertz CT molecular complexity index is 559. The maximum Gasteiger partial charge on any atom is 0.248 e. The summed E-state index contributed by atoms with van der Waals surface area (Å²) in [5, 5.41) is 54.3. The van der Waals surface area contributed by atoms with Crippen molar-refractivity contribution in [3.63, 3.8) is 0 Å². The summed E-state index contributed by atoms with van der Waals surface area (Å²) in [6, 6.07) is -2.63. The standard InChI is InChI=1S/C12H18N4O8/c1-4(18)11(21)14-8-5(15-16-13)2-7(12(22)23)24-10(8)9(20)6(19)3-17/h2,4-6,8-10,17-20H,3H2,1H3,(H,14,21)(H,22,23)/p-1/t4?,5-,6+,8+,9+,10+/m0/s1. The van der Waals surface area contributed by atoms with Gasteiger partial charge in [0, 0.05) is 4.91 Å². The van der Waals surface area contributed by atoms with Gasteiger partial charge in [-0.3, -0.25) is 4.79 Å². The van der Waals surface area contributed by atoms with Gasteiger partial charge in [0.1, 0.15) is 36.1 Å². The summed E-state index contributed by atoms with van der Waals surface area (Å²) in [5.74, 6) is -3.46. The zero-order valence-electron chi connectivity index (χ0n) is 12.5. The van der Waals surface area contributed by atoms with Gasteiger partial charge in [-0.1, -0.05) is 5.11 Å². The van der Waals surface area contributed by atoms with E-state index in [2.05, 4.69) is 15.3 Å². The van der Waals surface area contributed by atoms with Crippen molar-refractivity contribution in [2.75, 3.05) is 6.61 Å². The largest absolute Gasteiger partial charge is 0.542 e. The lowest BCUT2D eigenvalue weighted by Crippen LogP contribution is -2.61. The normalized spacial score (nSPS) is 26.9. The van der Waals surface area contributed by atoms with Crippen molar-refractivity contribution in [3.05, 3.63) is 22.3 Å². The van der Waals surface area contributed by atoms with E-state index in [-0.39, 0.29) is 0 Å². The molecule has 1 amide bonds. The molecule has 0 aromatic rings. The van der Waals surface area contributed by atoms with E-state index in [0.717, 1.165) is 13.0 Å². The Hall–Kier alpha value is -2.37. The van der Waals surface area contributed by atoms with E-state index in [1.807, 2.05) is 0 Å². The van der Waals surface area contributed by atoms with Gasteiger partial charge in [-0.25, -0.2) is 0 Å². The molecule has 0 radical (unpaired) electrons. The number of rotatable bonds is 7. The van der Waals surface area contributed by atoms with E-state index >= 15 is 0 Å². The fourth-order valence-electron chi connectivity index (χ4n) is 2.05. The van der Waals surface area contributed by atoms with Crippen LogP contribution >= 0.6 is 0 Å². The number of azide groups is 1. The summed E-state index contributed by atoms with van der Waals surface area (Å²) in [5.41, 5.74) is 8.60. The first-order valence-corrected chi connectivity index (χ1v) is 6.82. The molecule has 0 saturated carbocycles. The highest BCUT2D eigenvalue weighted by atomic mass is 16.5. The molecular formula is C12H17N4O8-. The molecule has 0 fully saturated rings. The Morgan fingerprint density at radius 2 is 2.12 bits per heavy atom. The third-order valence-electron chi connectivity index (χ3n) is 3.30. The molecule has 0 aromatic carbocycles. The van der Waals surface area contributed by atoms with Gasteiger partial charge < -0.3 is 40.4 Å². The topological polar surface area (TPSA) is 208 Å². The molecule has 5 N–H and O–H groups in total. The number of hydrogen-bond acceptors (Lipinski definition) is 9. The minimum atomic E-state index is -1.84. The number of carboxylic acid groups (broad SMARTS) is 1. The van der Waals surface area contributed by atoms with Crippen LogP contribution < -0.4 is 10.4 Å². The molecule has 0 saturated heterocycles. The fourth-order valence-corrected chi connectivity index (χ4v) is 2.05. The van der Waals surface area contributed by atoms with Crippen LogP contribution in [0.15, 0.2) is 16.9 Å². The molecule has 1 heterocycles. The second-order valence-corrected chi connectivity index (χ2v) is 5.05. The van der Waals surface area contributed by atoms with Crippen molar-refractivity contribution in [2.24, 2.45) is 5.11 Å². The number of amides is 1. The van der Waals surface area contributed by atoms with Gasteiger partial charge in [-0.15, -0.1) is 0 Å². The highest BCUT2D eigenvalue weighted by Gasteiger charge is 2.42. The van der Waals surface area contributed by atoms with Crippen LogP contribution in [0.1, 0.15) is 6.92 Å². The third kappa shape index (κ3) is 4.57. The van der Waals surface area contributed by atoms with Crippen molar-refractivity contribution >= 4 is 11.9 Å². The predicted molar refractivity (Wildman–Crippen MR) is 73.6 cm³/mol. The number of carbonyl (C=O) groups is 2. The Morgan fingerprint density at radius 3 is 2.58 bits per heavy atom. The van der Waals surface area contributed by atoms with Crippen LogP contribution in [0.4, 0.5) is 0 Å². The van der Waals surface area contributed by atoms with Crippen LogP contribution in [0.2, 0.25) is 0 Å². The third-order valence-corrected chi connectivity index (χ3v) is 3.30. The lowest BCUT2D eigenvalue weighted by atomic mass is 9.92. The van der Waals surface area contributed by atoms with Crippen LogP contribution in [0.3, 0.4) is 0 Å². The van der Waals surface area contributed by atoms with Gasteiger partial charge in [0.2, 0.25) is 5.91 Å². The van der Waals surface area contributed by atoms with Gasteiger partial charge in [-0.05, 0) is 18.5 Å². The zero-order valence-corrected chi connectivity index (χ0v) is 12.5.